The molecule has 2 nitrogen and oxygen atoms in total. The highest BCUT2D eigenvalue weighted by atomic mass is 35.5. The first-order valence-corrected chi connectivity index (χ1v) is 5.30. The lowest BCUT2D eigenvalue weighted by Crippen LogP contribution is -2.30. The number of piperidine rings is 1. The second-order valence-electron chi connectivity index (χ2n) is 4.06. The highest BCUT2D eigenvalue weighted by molar-refractivity contribution is 6.21. The number of nitrogens with zero attached hydrogens (tertiary/aromatic N) is 1. The van der Waals surface area contributed by atoms with Crippen LogP contribution in [0.15, 0.2) is 24.5 Å². The van der Waals surface area contributed by atoms with E-state index in [4.69, 9.17) is 11.6 Å². The summed E-state index contributed by atoms with van der Waals surface area (Å²) in [5.74, 6) is 0.624. The molecule has 2 bridgehead atoms. The zero-order valence-electron chi connectivity index (χ0n) is 7.36. The average Bonchev–Trinajstić information content (AvgIpc) is 2.82. The van der Waals surface area contributed by atoms with Crippen LogP contribution in [0.2, 0.25) is 0 Å². The summed E-state index contributed by atoms with van der Waals surface area (Å²) < 4.78 is 2.31. The Morgan fingerprint density at radius 3 is 2.62 bits per heavy atom. The molecular formula is C10H13ClN2. The summed E-state index contributed by atoms with van der Waals surface area (Å²) in [6.45, 7) is 1.08. The third kappa shape index (κ3) is 1.05. The van der Waals surface area contributed by atoms with Gasteiger partial charge in [0, 0.05) is 36.9 Å². The van der Waals surface area contributed by atoms with Crippen LogP contribution in [0, 0.1) is 5.92 Å². The Balaban J connectivity index is 1.89. The molecule has 0 amide bonds. The fourth-order valence-corrected chi connectivity index (χ4v) is 3.17. The molecule has 1 aromatic heterocycles. The van der Waals surface area contributed by atoms with Crippen LogP contribution in [-0.4, -0.2) is 22.5 Å². The van der Waals surface area contributed by atoms with Crippen molar-refractivity contribution in [2.75, 3.05) is 6.54 Å². The van der Waals surface area contributed by atoms with Crippen molar-refractivity contribution in [2.45, 2.75) is 23.9 Å². The van der Waals surface area contributed by atoms with Crippen molar-refractivity contribution in [1.29, 1.82) is 0 Å². The van der Waals surface area contributed by atoms with Crippen LogP contribution in [0.3, 0.4) is 0 Å². The molecule has 1 aromatic rings. The number of alkyl halides is 1. The smallest absolute Gasteiger partial charge is 0.0550 e. The minimum atomic E-state index is 0.340. The van der Waals surface area contributed by atoms with Crippen molar-refractivity contribution >= 4 is 11.6 Å². The maximum absolute atomic E-state index is 6.31. The van der Waals surface area contributed by atoms with E-state index in [-0.39, 0.29) is 0 Å². The Morgan fingerprint density at radius 1 is 1.31 bits per heavy atom. The highest BCUT2D eigenvalue weighted by Crippen LogP contribution is 2.43. The fourth-order valence-electron chi connectivity index (χ4n) is 2.72. The fraction of sp³-hybridized carbons (Fsp3) is 0.600. The Kier molecular flexibility index (Phi) is 1.67. The van der Waals surface area contributed by atoms with Crippen LogP contribution >= 0.6 is 11.6 Å². The van der Waals surface area contributed by atoms with Gasteiger partial charge in [-0.15, -0.1) is 11.6 Å². The molecule has 1 aliphatic carbocycles. The van der Waals surface area contributed by atoms with E-state index in [1.54, 1.807) is 0 Å². The first-order chi connectivity index (χ1) is 6.36. The number of aromatic nitrogens is 1. The molecule has 1 aliphatic heterocycles. The van der Waals surface area contributed by atoms with Gasteiger partial charge < -0.3 is 9.88 Å². The molecule has 1 N–H and O–H groups in total. The largest absolute Gasteiger partial charge is 0.351 e. The van der Waals surface area contributed by atoms with Gasteiger partial charge in [0.05, 0.1) is 5.38 Å². The number of nitrogens with one attached hydrogen (secondary N) is 1. The summed E-state index contributed by atoms with van der Waals surface area (Å²) >= 11 is 6.31. The molecule has 1 saturated carbocycles. The van der Waals surface area contributed by atoms with Gasteiger partial charge in [0.2, 0.25) is 0 Å². The van der Waals surface area contributed by atoms with Gasteiger partial charge in [-0.3, -0.25) is 0 Å². The molecule has 3 rings (SSSR count). The predicted molar refractivity (Wildman–Crippen MR) is 53.0 cm³/mol. The van der Waals surface area contributed by atoms with Crippen molar-refractivity contribution in [2.24, 2.45) is 5.92 Å². The quantitative estimate of drug-likeness (QED) is 0.676. The maximum atomic E-state index is 6.31. The molecule has 3 heteroatoms. The summed E-state index contributed by atoms with van der Waals surface area (Å²) in [7, 11) is 0. The minimum absolute atomic E-state index is 0.340. The third-order valence-corrected chi connectivity index (χ3v) is 4.04. The summed E-state index contributed by atoms with van der Waals surface area (Å²) in [5, 5.41) is 3.79. The number of fused-ring (bicyclic) bond motifs is 2. The van der Waals surface area contributed by atoms with E-state index in [2.05, 4.69) is 34.4 Å². The van der Waals surface area contributed by atoms with Crippen LogP contribution in [0.5, 0.6) is 0 Å². The van der Waals surface area contributed by atoms with E-state index in [1.807, 2.05) is 0 Å². The Labute approximate surface area is 82.9 Å². The molecule has 0 spiro atoms. The number of halogens is 1. The second kappa shape index (κ2) is 2.76. The lowest BCUT2D eigenvalue weighted by Gasteiger charge is -2.23. The van der Waals surface area contributed by atoms with Gasteiger partial charge >= 0.3 is 0 Å². The molecule has 4 atom stereocenters. The van der Waals surface area contributed by atoms with Crippen molar-refractivity contribution in [3.8, 4) is 0 Å². The Morgan fingerprint density at radius 2 is 2.08 bits per heavy atom. The van der Waals surface area contributed by atoms with Gasteiger partial charge in [-0.25, -0.2) is 0 Å². The summed E-state index contributed by atoms with van der Waals surface area (Å²) in [4.78, 5) is 0. The van der Waals surface area contributed by atoms with Gasteiger partial charge in [0.1, 0.15) is 0 Å². The summed E-state index contributed by atoms with van der Waals surface area (Å²) in [6, 6.07) is 5.34. The third-order valence-electron chi connectivity index (χ3n) is 3.41. The molecule has 13 heavy (non-hydrogen) atoms. The van der Waals surface area contributed by atoms with Crippen LogP contribution < -0.4 is 5.32 Å². The van der Waals surface area contributed by atoms with Gasteiger partial charge in [0.25, 0.3) is 0 Å². The van der Waals surface area contributed by atoms with E-state index in [9.17, 15) is 0 Å². The van der Waals surface area contributed by atoms with E-state index in [0.29, 0.717) is 23.4 Å². The van der Waals surface area contributed by atoms with Crippen LogP contribution in [-0.2, 0) is 0 Å². The summed E-state index contributed by atoms with van der Waals surface area (Å²) in [6.07, 6.45) is 5.48. The molecular weight excluding hydrogens is 184 g/mol. The highest BCUT2D eigenvalue weighted by Gasteiger charge is 2.47. The van der Waals surface area contributed by atoms with E-state index in [0.717, 1.165) is 6.54 Å². The monoisotopic (exact) mass is 196 g/mol. The molecule has 0 radical (unpaired) electrons. The van der Waals surface area contributed by atoms with Crippen molar-refractivity contribution in [1.82, 2.24) is 9.88 Å². The molecule has 4 unspecified atom stereocenters. The Hall–Kier alpha value is -0.470. The van der Waals surface area contributed by atoms with E-state index < -0.39 is 0 Å². The summed E-state index contributed by atoms with van der Waals surface area (Å²) in [5.41, 5.74) is 0. The van der Waals surface area contributed by atoms with Crippen LogP contribution in [0.4, 0.5) is 0 Å². The average molecular weight is 197 g/mol. The van der Waals surface area contributed by atoms with Crippen molar-refractivity contribution < 1.29 is 0 Å². The van der Waals surface area contributed by atoms with E-state index in [1.165, 1.54) is 6.42 Å². The van der Waals surface area contributed by atoms with E-state index >= 15 is 0 Å². The lowest BCUT2D eigenvalue weighted by atomic mass is 10.0. The molecule has 0 aromatic carbocycles. The normalized spacial score (nSPS) is 42.8. The van der Waals surface area contributed by atoms with Gasteiger partial charge in [-0.1, -0.05) is 0 Å². The van der Waals surface area contributed by atoms with Gasteiger partial charge in [-0.05, 0) is 18.6 Å². The van der Waals surface area contributed by atoms with Crippen LogP contribution in [0.25, 0.3) is 0 Å². The predicted octanol–water partition coefficient (Wildman–Crippen LogP) is 1.63. The number of hydrogen-bond acceptors (Lipinski definition) is 1. The van der Waals surface area contributed by atoms with Gasteiger partial charge in [-0.2, -0.15) is 0 Å². The molecule has 2 heterocycles. The topological polar surface area (TPSA) is 17.0 Å². The lowest BCUT2D eigenvalue weighted by molar-refractivity contribution is 0.347. The second-order valence-corrected chi connectivity index (χ2v) is 4.56. The Bertz CT molecular complexity index is 296. The molecule has 2 fully saturated rings. The minimum Gasteiger partial charge on any atom is -0.351 e. The van der Waals surface area contributed by atoms with Crippen molar-refractivity contribution in [3.63, 3.8) is 0 Å². The molecule has 70 valence electrons. The zero-order valence-corrected chi connectivity index (χ0v) is 8.11. The standard InChI is InChI=1S/C10H13ClN2/c11-10-7-6-12-8(10)5-9(7)13-3-1-2-4-13/h1-4,7-10,12H,5-6H2. The number of rotatable bonds is 1. The SMILES string of the molecule is ClC1C2CC(n3cccc3)C1CN2. The maximum Gasteiger partial charge on any atom is 0.0550 e. The van der Waals surface area contributed by atoms with Gasteiger partial charge in [0.15, 0.2) is 0 Å². The van der Waals surface area contributed by atoms with Crippen LogP contribution in [0.1, 0.15) is 12.5 Å². The number of hydrogen-bond donors (Lipinski definition) is 1. The first kappa shape index (κ1) is 7.89. The first-order valence-electron chi connectivity index (χ1n) is 4.86. The zero-order chi connectivity index (χ0) is 8.84. The molecule has 1 saturated heterocycles. The van der Waals surface area contributed by atoms with Crippen molar-refractivity contribution in [3.05, 3.63) is 24.5 Å². The molecule has 2 aliphatic rings.